The number of aromatic nitrogens is 2. The minimum atomic E-state index is -0.526. The van der Waals surface area contributed by atoms with Gasteiger partial charge < -0.3 is 15.4 Å². The van der Waals surface area contributed by atoms with Crippen molar-refractivity contribution in [3.8, 4) is 5.69 Å². The predicted octanol–water partition coefficient (Wildman–Crippen LogP) is 3.25. The Labute approximate surface area is 181 Å². The average molecular weight is 432 g/mol. The Morgan fingerprint density at radius 1 is 1.19 bits per heavy atom. The average Bonchev–Trinajstić information content (AvgIpc) is 3.02. The second-order valence-electron chi connectivity index (χ2n) is 8.80. The molecule has 1 fully saturated rings. The first-order valence-electron chi connectivity index (χ1n) is 10.4. The lowest BCUT2D eigenvalue weighted by Crippen LogP contribution is -2.47. The van der Waals surface area contributed by atoms with Crippen LogP contribution in [0, 0.1) is 12.7 Å². The fraction of sp³-hybridized carbons (Fsp3) is 0.500. The van der Waals surface area contributed by atoms with Crippen molar-refractivity contribution >= 4 is 17.8 Å². The van der Waals surface area contributed by atoms with Crippen LogP contribution in [-0.2, 0) is 9.53 Å². The lowest BCUT2D eigenvalue weighted by molar-refractivity contribution is -0.117. The Morgan fingerprint density at radius 3 is 2.45 bits per heavy atom. The van der Waals surface area contributed by atoms with Crippen molar-refractivity contribution in [3.05, 3.63) is 41.8 Å². The molecule has 1 saturated heterocycles. The zero-order valence-electron chi connectivity index (χ0n) is 18.4. The number of carbonyl (C=O) groups is 2. The zero-order valence-corrected chi connectivity index (χ0v) is 18.4. The molecule has 2 heterocycles. The molecule has 1 aromatic carbocycles. The number of benzene rings is 1. The number of alkyl carbamates (subject to hydrolysis) is 1. The molecule has 0 spiro atoms. The Kier molecular flexibility index (Phi) is 6.94. The molecule has 3 rings (SSSR count). The van der Waals surface area contributed by atoms with Crippen LogP contribution in [0.25, 0.3) is 5.69 Å². The number of nitrogens with zero attached hydrogens (tertiary/aromatic N) is 3. The van der Waals surface area contributed by atoms with E-state index in [1.807, 2.05) is 32.6 Å². The van der Waals surface area contributed by atoms with Gasteiger partial charge in [0.1, 0.15) is 17.2 Å². The van der Waals surface area contributed by atoms with Crippen LogP contribution in [-0.4, -0.2) is 58.0 Å². The first kappa shape index (κ1) is 22.7. The molecular weight excluding hydrogens is 401 g/mol. The molecule has 168 valence electrons. The normalized spacial score (nSPS) is 15.5. The van der Waals surface area contributed by atoms with Crippen LogP contribution in [0.2, 0.25) is 0 Å². The number of anilines is 1. The first-order chi connectivity index (χ1) is 14.6. The highest BCUT2D eigenvalue weighted by atomic mass is 19.1. The van der Waals surface area contributed by atoms with Gasteiger partial charge >= 0.3 is 6.09 Å². The van der Waals surface area contributed by atoms with E-state index in [4.69, 9.17) is 4.74 Å². The number of amides is 2. The van der Waals surface area contributed by atoms with Crippen molar-refractivity contribution in [1.82, 2.24) is 20.0 Å². The number of rotatable bonds is 5. The third-order valence-corrected chi connectivity index (χ3v) is 4.85. The lowest BCUT2D eigenvalue weighted by atomic mass is 10.1. The van der Waals surface area contributed by atoms with Gasteiger partial charge in [0, 0.05) is 25.2 Å². The molecule has 1 aliphatic heterocycles. The summed E-state index contributed by atoms with van der Waals surface area (Å²) in [6.45, 7) is 8.96. The number of nitrogens with one attached hydrogen (secondary N) is 2. The van der Waals surface area contributed by atoms with E-state index in [1.54, 1.807) is 22.9 Å². The van der Waals surface area contributed by atoms with Gasteiger partial charge in [-0.1, -0.05) is 0 Å². The summed E-state index contributed by atoms with van der Waals surface area (Å²) in [4.78, 5) is 26.6. The molecule has 0 bridgehead atoms. The molecule has 1 aromatic heterocycles. The fourth-order valence-corrected chi connectivity index (χ4v) is 3.46. The minimum absolute atomic E-state index is 0.0386. The van der Waals surface area contributed by atoms with Crippen LogP contribution in [0.1, 0.15) is 39.3 Å². The van der Waals surface area contributed by atoms with E-state index in [0.29, 0.717) is 24.6 Å². The third kappa shape index (κ3) is 6.78. The number of piperidine rings is 1. The van der Waals surface area contributed by atoms with E-state index < -0.39 is 11.7 Å². The Hall–Kier alpha value is -2.94. The maximum absolute atomic E-state index is 13.2. The molecule has 31 heavy (non-hydrogen) atoms. The standard InChI is InChI=1S/C22H30FN5O3/c1-15-13-19(28(26-15)18-7-5-16(23)6-8-18)25-20(29)14-27-11-9-17(10-12-27)24-21(30)31-22(2,3)4/h5-8,13,17H,9-12,14H2,1-4H3,(H,24,30)(H,25,29). The molecule has 0 atom stereocenters. The number of hydrogen-bond donors (Lipinski definition) is 2. The maximum Gasteiger partial charge on any atom is 0.407 e. The second-order valence-corrected chi connectivity index (χ2v) is 8.80. The smallest absolute Gasteiger partial charge is 0.407 e. The number of aryl methyl sites for hydroxylation is 1. The van der Waals surface area contributed by atoms with E-state index in [1.165, 1.54) is 12.1 Å². The van der Waals surface area contributed by atoms with Crippen LogP contribution in [0.15, 0.2) is 30.3 Å². The summed E-state index contributed by atoms with van der Waals surface area (Å²) in [7, 11) is 0. The molecule has 0 saturated carbocycles. The van der Waals surface area contributed by atoms with E-state index in [9.17, 15) is 14.0 Å². The molecule has 2 amide bonds. The third-order valence-electron chi connectivity index (χ3n) is 4.85. The molecule has 1 aliphatic rings. The molecule has 2 aromatic rings. The summed E-state index contributed by atoms with van der Waals surface area (Å²) in [5.41, 5.74) is 0.884. The van der Waals surface area contributed by atoms with Gasteiger partial charge in [0.05, 0.1) is 17.9 Å². The van der Waals surface area contributed by atoms with Crippen molar-refractivity contribution in [3.63, 3.8) is 0 Å². The van der Waals surface area contributed by atoms with Gasteiger partial charge in [-0.3, -0.25) is 9.69 Å². The maximum atomic E-state index is 13.2. The Bertz CT molecular complexity index is 912. The quantitative estimate of drug-likeness (QED) is 0.759. The topological polar surface area (TPSA) is 88.5 Å². The van der Waals surface area contributed by atoms with Gasteiger partial charge in [0.15, 0.2) is 0 Å². The van der Waals surface area contributed by atoms with Gasteiger partial charge in [-0.15, -0.1) is 0 Å². The number of halogens is 1. The van der Waals surface area contributed by atoms with Gasteiger partial charge in [0.25, 0.3) is 0 Å². The summed E-state index contributed by atoms with van der Waals surface area (Å²) in [6.07, 6.45) is 1.09. The van der Waals surface area contributed by atoms with Crippen molar-refractivity contribution in [2.24, 2.45) is 0 Å². The predicted molar refractivity (Wildman–Crippen MR) is 116 cm³/mol. The van der Waals surface area contributed by atoms with Gasteiger partial charge in [-0.05, 0) is 64.8 Å². The molecular formula is C22H30FN5O3. The Morgan fingerprint density at radius 2 is 1.84 bits per heavy atom. The summed E-state index contributed by atoms with van der Waals surface area (Å²) in [5.74, 6) is 0.0557. The molecule has 0 radical (unpaired) electrons. The van der Waals surface area contributed by atoms with Gasteiger partial charge in [0.2, 0.25) is 5.91 Å². The van der Waals surface area contributed by atoms with Gasteiger partial charge in [-0.2, -0.15) is 5.10 Å². The van der Waals surface area contributed by atoms with Crippen LogP contribution in [0.4, 0.5) is 15.0 Å². The number of hydrogen-bond acceptors (Lipinski definition) is 5. The van der Waals surface area contributed by atoms with Crippen LogP contribution < -0.4 is 10.6 Å². The zero-order chi connectivity index (χ0) is 22.6. The first-order valence-corrected chi connectivity index (χ1v) is 10.4. The molecule has 8 nitrogen and oxygen atoms in total. The number of carbonyl (C=O) groups excluding carboxylic acids is 2. The monoisotopic (exact) mass is 431 g/mol. The van der Waals surface area contributed by atoms with Crippen molar-refractivity contribution in [1.29, 1.82) is 0 Å². The van der Waals surface area contributed by atoms with Crippen LogP contribution >= 0.6 is 0 Å². The highest BCUT2D eigenvalue weighted by Gasteiger charge is 2.24. The van der Waals surface area contributed by atoms with Crippen molar-refractivity contribution in [2.45, 2.75) is 52.2 Å². The second kappa shape index (κ2) is 9.47. The summed E-state index contributed by atoms with van der Waals surface area (Å²) >= 11 is 0. The fourth-order valence-electron chi connectivity index (χ4n) is 3.46. The Balaban J connectivity index is 1.50. The SMILES string of the molecule is Cc1cc(NC(=O)CN2CCC(NC(=O)OC(C)(C)C)CC2)n(-c2ccc(F)cc2)n1. The molecule has 0 unspecified atom stereocenters. The van der Waals surface area contributed by atoms with Gasteiger partial charge in [-0.25, -0.2) is 13.9 Å². The van der Waals surface area contributed by atoms with E-state index >= 15 is 0 Å². The summed E-state index contributed by atoms with van der Waals surface area (Å²) < 4.78 is 20.1. The summed E-state index contributed by atoms with van der Waals surface area (Å²) in [6, 6.07) is 7.75. The highest BCUT2D eigenvalue weighted by molar-refractivity contribution is 5.91. The van der Waals surface area contributed by atoms with E-state index in [2.05, 4.69) is 15.7 Å². The molecule has 2 N–H and O–H groups in total. The van der Waals surface area contributed by atoms with Crippen molar-refractivity contribution in [2.75, 3.05) is 25.0 Å². The largest absolute Gasteiger partial charge is 0.444 e. The van der Waals surface area contributed by atoms with E-state index in [0.717, 1.165) is 18.5 Å². The molecule has 9 heteroatoms. The number of ether oxygens (including phenoxy) is 1. The highest BCUT2D eigenvalue weighted by Crippen LogP contribution is 2.18. The lowest BCUT2D eigenvalue weighted by Gasteiger charge is -2.32. The summed E-state index contributed by atoms with van der Waals surface area (Å²) in [5, 5.41) is 10.2. The van der Waals surface area contributed by atoms with Crippen LogP contribution in [0.3, 0.4) is 0 Å². The number of likely N-dealkylation sites (tertiary alicyclic amines) is 1. The minimum Gasteiger partial charge on any atom is -0.444 e. The van der Waals surface area contributed by atoms with Crippen molar-refractivity contribution < 1.29 is 18.7 Å². The van der Waals surface area contributed by atoms with E-state index in [-0.39, 0.29) is 24.3 Å². The molecule has 0 aliphatic carbocycles. The van der Waals surface area contributed by atoms with Crippen LogP contribution in [0.5, 0.6) is 0 Å².